The lowest BCUT2D eigenvalue weighted by Crippen LogP contribution is -2.34. The molecule has 0 radical (unpaired) electrons. The molecule has 0 aliphatic heterocycles. The molecule has 0 aliphatic rings. The Balaban J connectivity index is 1.88. The number of anilines is 1. The van der Waals surface area contributed by atoms with Gasteiger partial charge in [-0.1, -0.05) is 54.1 Å². The van der Waals surface area contributed by atoms with Crippen LogP contribution in [0.25, 0.3) is 6.08 Å². The van der Waals surface area contributed by atoms with Gasteiger partial charge in [-0.25, -0.2) is 4.39 Å². The second kappa shape index (κ2) is 9.71. The Labute approximate surface area is 178 Å². The number of hydrogen-bond acceptors (Lipinski definition) is 3. The van der Waals surface area contributed by atoms with Gasteiger partial charge in [0.05, 0.1) is 5.02 Å². The van der Waals surface area contributed by atoms with Gasteiger partial charge in [0.25, 0.3) is 11.8 Å². The van der Waals surface area contributed by atoms with Crippen molar-refractivity contribution in [2.75, 3.05) is 5.73 Å². The van der Waals surface area contributed by atoms with Gasteiger partial charge < -0.3 is 16.4 Å². The van der Waals surface area contributed by atoms with Crippen molar-refractivity contribution in [3.63, 3.8) is 0 Å². The van der Waals surface area contributed by atoms with Gasteiger partial charge in [0.2, 0.25) is 0 Å². The van der Waals surface area contributed by atoms with Crippen LogP contribution in [-0.2, 0) is 11.3 Å². The number of halogens is 2. The molecule has 0 heterocycles. The molecule has 3 rings (SSSR count). The molecule has 3 aromatic rings. The molecular weight excluding hydrogens is 405 g/mol. The number of nitrogens with one attached hydrogen (secondary N) is 2. The van der Waals surface area contributed by atoms with Crippen LogP contribution in [0.2, 0.25) is 5.02 Å². The number of amides is 2. The molecule has 5 nitrogen and oxygen atoms in total. The van der Waals surface area contributed by atoms with E-state index in [1.165, 1.54) is 24.3 Å². The Morgan fingerprint density at radius 2 is 1.67 bits per heavy atom. The molecule has 0 unspecified atom stereocenters. The summed E-state index contributed by atoms with van der Waals surface area (Å²) in [5.41, 5.74) is 7.33. The third kappa shape index (κ3) is 5.24. The summed E-state index contributed by atoms with van der Waals surface area (Å²) in [6.45, 7) is 0.134. The Hall–Kier alpha value is -3.64. The van der Waals surface area contributed by atoms with Crippen molar-refractivity contribution in [1.29, 1.82) is 0 Å². The fourth-order valence-corrected chi connectivity index (χ4v) is 2.92. The molecule has 30 heavy (non-hydrogen) atoms. The van der Waals surface area contributed by atoms with Crippen LogP contribution in [0.3, 0.4) is 0 Å². The zero-order valence-corrected chi connectivity index (χ0v) is 16.6. The van der Waals surface area contributed by atoms with Gasteiger partial charge in [0, 0.05) is 23.4 Å². The minimum Gasteiger partial charge on any atom is -0.398 e. The van der Waals surface area contributed by atoms with Crippen LogP contribution in [-0.4, -0.2) is 11.8 Å². The highest BCUT2D eigenvalue weighted by molar-refractivity contribution is 6.32. The minimum absolute atomic E-state index is 0.00287. The molecular formula is C23H19ClFN3O2. The Bertz CT molecular complexity index is 1080. The van der Waals surface area contributed by atoms with E-state index < -0.39 is 17.6 Å². The number of nitrogen functional groups attached to an aromatic ring is 1. The topological polar surface area (TPSA) is 84.2 Å². The molecule has 4 N–H and O–H groups in total. The van der Waals surface area contributed by atoms with Gasteiger partial charge in [-0.3, -0.25) is 9.59 Å². The molecule has 152 valence electrons. The summed E-state index contributed by atoms with van der Waals surface area (Å²) in [5, 5.41) is 5.34. The summed E-state index contributed by atoms with van der Waals surface area (Å²) in [6, 6.07) is 19.6. The molecule has 0 saturated carbocycles. The van der Waals surface area contributed by atoms with Crippen molar-refractivity contribution in [1.82, 2.24) is 10.6 Å². The lowest BCUT2D eigenvalue weighted by Gasteiger charge is -2.13. The van der Waals surface area contributed by atoms with E-state index in [1.807, 2.05) is 0 Å². The molecule has 2 amide bonds. The summed E-state index contributed by atoms with van der Waals surface area (Å²) in [7, 11) is 0. The number of rotatable bonds is 6. The molecule has 0 bridgehead atoms. The quantitative estimate of drug-likeness (QED) is 0.411. The summed E-state index contributed by atoms with van der Waals surface area (Å²) in [6.07, 6.45) is 1.21. The highest BCUT2D eigenvalue weighted by Crippen LogP contribution is 2.22. The zero-order chi connectivity index (χ0) is 21.5. The largest absolute Gasteiger partial charge is 0.398 e. The number of carbonyl (C=O) groups excluding carboxylic acids is 2. The molecule has 3 aromatic carbocycles. The fourth-order valence-electron chi connectivity index (χ4n) is 2.70. The van der Waals surface area contributed by atoms with Crippen molar-refractivity contribution in [2.24, 2.45) is 0 Å². The van der Waals surface area contributed by atoms with Gasteiger partial charge in [-0.05, 0) is 42.0 Å². The standard InChI is InChI=1S/C23H19ClFN3O2/c24-18-10-6-11-19(25)17(18)13-21(28-22(29)15-7-2-1-3-8-15)23(30)27-14-16-9-4-5-12-20(16)26/h1-13H,14,26H2,(H,27,30)(H,28,29). The van der Waals surface area contributed by atoms with Crippen molar-refractivity contribution in [3.05, 3.63) is 106 Å². The van der Waals surface area contributed by atoms with E-state index in [0.29, 0.717) is 16.8 Å². The van der Waals surface area contributed by atoms with E-state index in [2.05, 4.69) is 10.6 Å². The Morgan fingerprint density at radius 3 is 2.37 bits per heavy atom. The average molecular weight is 424 g/mol. The lowest BCUT2D eigenvalue weighted by atomic mass is 10.1. The predicted octanol–water partition coefficient (Wildman–Crippen LogP) is 4.15. The second-order valence-electron chi connectivity index (χ2n) is 6.39. The first-order chi connectivity index (χ1) is 14.5. The van der Waals surface area contributed by atoms with Crippen LogP contribution in [0.1, 0.15) is 21.5 Å². The van der Waals surface area contributed by atoms with Crippen LogP contribution < -0.4 is 16.4 Å². The maximum atomic E-state index is 14.2. The third-order valence-corrected chi connectivity index (χ3v) is 4.64. The SMILES string of the molecule is Nc1ccccc1CNC(=O)C(=Cc1c(F)cccc1Cl)NC(=O)c1ccccc1. The molecule has 0 spiro atoms. The lowest BCUT2D eigenvalue weighted by molar-refractivity contribution is -0.117. The Kier molecular flexibility index (Phi) is 6.83. The minimum atomic E-state index is -0.617. The molecule has 0 aromatic heterocycles. The first-order valence-electron chi connectivity index (χ1n) is 9.09. The van der Waals surface area contributed by atoms with Crippen molar-refractivity contribution in [2.45, 2.75) is 6.54 Å². The van der Waals surface area contributed by atoms with Crippen molar-refractivity contribution >= 4 is 35.2 Å². The third-order valence-electron chi connectivity index (χ3n) is 4.31. The number of para-hydroxylation sites is 1. The van der Waals surface area contributed by atoms with Crippen LogP contribution in [0, 0.1) is 5.82 Å². The smallest absolute Gasteiger partial charge is 0.268 e. The summed E-state index contributed by atoms with van der Waals surface area (Å²) in [4.78, 5) is 25.4. The molecule has 0 atom stereocenters. The van der Waals surface area contributed by atoms with Gasteiger partial charge in [0.1, 0.15) is 11.5 Å². The van der Waals surface area contributed by atoms with E-state index in [9.17, 15) is 14.0 Å². The normalized spacial score (nSPS) is 11.1. The fraction of sp³-hybridized carbons (Fsp3) is 0.0435. The van der Waals surface area contributed by atoms with E-state index in [4.69, 9.17) is 17.3 Å². The van der Waals surface area contributed by atoms with Crippen LogP contribution >= 0.6 is 11.6 Å². The maximum Gasteiger partial charge on any atom is 0.268 e. The van der Waals surface area contributed by atoms with E-state index in [0.717, 1.165) is 0 Å². The maximum absolute atomic E-state index is 14.2. The molecule has 0 aliphatic carbocycles. The molecule has 7 heteroatoms. The first-order valence-corrected chi connectivity index (χ1v) is 9.47. The van der Waals surface area contributed by atoms with Crippen molar-refractivity contribution < 1.29 is 14.0 Å². The van der Waals surface area contributed by atoms with E-state index in [1.54, 1.807) is 54.6 Å². The second-order valence-corrected chi connectivity index (χ2v) is 6.80. The molecule has 0 saturated heterocycles. The van der Waals surface area contributed by atoms with Gasteiger partial charge in [0.15, 0.2) is 0 Å². The number of carbonyl (C=O) groups is 2. The highest BCUT2D eigenvalue weighted by atomic mass is 35.5. The predicted molar refractivity (Wildman–Crippen MR) is 116 cm³/mol. The first kappa shape index (κ1) is 21.1. The van der Waals surface area contributed by atoms with Crippen LogP contribution in [0.5, 0.6) is 0 Å². The van der Waals surface area contributed by atoms with Gasteiger partial charge in [-0.2, -0.15) is 0 Å². The zero-order valence-electron chi connectivity index (χ0n) is 15.9. The highest BCUT2D eigenvalue weighted by Gasteiger charge is 2.17. The summed E-state index contributed by atoms with van der Waals surface area (Å²) >= 11 is 6.08. The van der Waals surface area contributed by atoms with E-state index >= 15 is 0 Å². The monoisotopic (exact) mass is 423 g/mol. The molecule has 0 fully saturated rings. The van der Waals surface area contributed by atoms with E-state index in [-0.39, 0.29) is 22.8 Å². The number of benzene rings is 3. The Morgan fingerprint density at radius 1 is 0.967 bits per heavy atom. The van der Waals surface area contributed by atoms with Crippen LogP contribution in [0.4, 0.5) is 10.1 Å². The van der Waals surface area contributed by atoms with Crippen molar-refractivity contribution in [3.8, 4) is 0 Å². The summed E-state index contributed by atoms with van der Waals surface area (Å²) in [5.74, 6) is -1.74. The number of nitrogens with two attached hydrogens (primary N) is 1. The van der Waals surface area contributed by atoms with Gasteiger partial charge in [-0.15, -0.1) is 0 Å². The number of hydrogen-bond donors (Lipinski definition) is 3. The summed E-state index contributed by atoms with van der Waals surface area (Å²) < 4.78 is 14.2. The average Bonchev–Trinajstić information content (AvgIpc) is 2.75. The van der Waals surface area contributed by atoms with Crippen LogP contribution in [0.15, 0.2) is 78.5 Å². The van der Waals surface area contributed by atoms with Gasteiger partial charge >= 0.3 is 0 Å².